The average molecular weight is 492 g/mol. The van der Waals surface area contributed by atoms with E-state index >= 15 is 0 Å². The second-order valence-corrected chi connectivity index (χ2v) is 9.19. The zero-order chi connectivity index (χ0) is 23.6. The highest BCUT2D eigenvalue weighted by molar-refractivity contribution is 6.35. The van der Waals surface area contributed by atoms with Crippen molar-refractivity contribution in [2.24, 2.45) is 11.8 Å². The first kappa shape index (κ1) is 25.2. The van der Waals surface area contributed by atoms with E-state index in [0.717, 1.165) is 37.1 Å². The van der Waals surface area contributed by atoms with Crippen molar-refractivity contribution >= 4 is 40.7 Å². The highest BCUT2D eigenvalue weighted by Gasteiger charge is 2.29. The lowest BCUT2D eigenvalue weighted by atomic mass is 9.79. The molecule has 2 aromatic carbocycles. The van der Waals surface area contributed by atoms with E-state index in [4.69, 9.17) is 27.9 Å². The number of hydrogen-bond donors (Lipinski definition) is 3. The molecule has 3 rings (SSSR count). The van der Waals surface area contributed by atoms with Gasteiger partial charge in [0.2, 0.25) is 5.91 Å². The van der Waals surface area contributed by atoms with E-state index in [1.54, 1.807) is 25.3 Å². The second-order valence-electron chi connectivity index (χ2n) is 8.32. The Morgan fingerprint density at radius 1 is 0.970 bits per heavy atom. The lowest BCUT2D eigenvalue weighted by Gasteiger charge is -2.29. The van der Waals surface area contributed by atoms with Crippen LogP contribution in [0.1, 0.15) is 42.5 Å². The van der Waals surface area contributed by atoms with Crippen LogP contribution in [0.15, 0.2) is 42.5 Å². The van der Waals surface area contributed by atoms with Gasteiger partial charge in [-0.3, -0.25) is 9.59 Å². The smallest absolute Gasteiger partial charge is 0.251 e. The molecule has 2 amide bonds. The first-order valence-corrected chi connectivity index (χ1v) is 12.1. The zero-order valence-electron chi connectivity index (χ0n) is 18.8. The number of carbonyl (C=O) groups is 2. The van der Waals surface area contributed by atoms with Gasteiger partial charge in [-0.25, -0.2) is 0 Å². The van der Waals surface area contributed by atoms with Crippen LogP contribution < -0.4 is 20.7 Å². The van der Waals surface area contributed by atoms with Crippen LogP contribution >= 0.6 is 23.2 Å². The summed E-state index contributed by atoms with van der Waals surface area (Å²) >= 11 is 12.0. The third-order valence-corrected chi connectivity index (χ3v) is 6.44. The van der Waals surface area contributed by atoms with Crippen molar-refractivity contribution in [2.75, 3.05) is 32.1 Å². The van der Waals surface area contributed by atoms with E-state index in [0.29, 0.717) is 28.7 Å². The van der Waals surface area contributed by atoms with Crippen molar-refractivity contribution in [1.29, 1.82) is 0 Å². The van der Waals surface area contributed by atoms with E-state index in [1.165, 1.54) is 6.42 Å². The standard InChI is InChI=1S/C25H31Cl2N3O3/c1-33-22-9-7-21(8-10-22)28-11-12-29-25(32)23(17-5-3-2-4-6-17)16-30-24(31)18-13-19(26)15-20(27)14-18/h7-10,13-15,17,23,28H,2-6,11-12,16H2,1H3,(H,29,32)(H,30,31). The van der Waals surface area contributed by atoms with Crippen molar-refractivity contribution in [3.8, 4) is 5.75 Å². The van der Waals surface area contributed by atoms with Crippen LogP contribution in [0.4, 0.5) is 5.69 Å². The molecule has 1 unspecified atom stereocenters. The normalized spacial score (nSPS) is 14.9. The van der Waals surface area contributed by atoms with Crippen LogP contribution in [-0.4, -0.2) is 38.6 Å². The van der Waals surface area contributed by atoms with Gasteiger partial charge in [0, 0.05) is 40.9 Å². The Balaban J connectivity index is 1.53. The van der Waals surface area contributed by atoms with Crippen molar-refractivity contribution < 1.29 is 14.3 Å². The molecule has 6 nitrogen and oxygen atoms in total. The number of anilines is 1. The molecule has 33 heavy (non-hydrogen) atoms. The van der Waals surface area contributed by atoms with Crippen LogP contribution in [0.5, 0.6) is 5.75 Å². The highest BCUT2D eigenvalue weighted by Crippen LogP contribution is 2.30. The number of methoxy groups -OCH3 is 1. The molecule has 0 aromatic heterocycles. The van der Waals surface area contributed by atoms with Gasteiger partial charge < -0.3 is 20.7 Å². The summed E-state index contributed by atoms with van der Waals surface area (Å²) in [5.74, 6) is 0.477. The van der Waals surface area contributed by atoms with Crippen LogP contribution in [0.25, 0.3) is 0 Å². The maximum Gasteiger partial charge on any atom is 0.251 e. The number of halogens is 2. The molecule has 1 atom stereocenters. The molecule has 0 radical (unpaired) electrons. The van der Waals surface area contributed by atoms with Gasteiger partial charge in [-0.05, 0) is 61.2 Å². The van der Waals surface area contributed by atoms with E-state index in [-0.39, 0.29) is 30.2 Å². The minimum atomic E-state index is -0.283. The Kier molecular flexibility index (Phi) is 9.70. The van der Waals surface area contributed by atoms with Crippen molar-refractivity contribution in [3.05, 3.63) is 58.1 Å². The molecule has 0 saturated heterocycles. The molecule has 0 bridgehead atoms. The number of benzene rings is 2. The van der Waals surface area contributed by atoms with Gasteiger partial charge in [-0.2, -0.15) is 0 Å². The third-order valence-electron chi connectivity index (χ3n) is 6.01. The Bertz CT molecular complexity index is 911. The number of amides is 2. The van der Waals surface area contributed by atoms with Gasteiger partial charge in [-0.1, -0.05) is 42.5 Å². The predicted molar refractivity (Wildman–Crippen MR) is 133 cm³/mol. The molecule has 0 spiro atoms. The summed E-state index contributed by atoms with van der Waals surface area (Å²) in [5.41, 5.74) is 1.35. The van der Waals surface area contributed by atoms with Crippen molar-refractivity contribution in [2.45, 2.75) is 32.1 Å². The van der Waals surface area contributed by atoms with Crippen LogP contribution in [-0.2, 0) is 4.79 Å². The molecule has 1 aliphatic carbocycles. The molecule has 1 fully saturated rings. The fraction of sp³-hybridized carbons (Fsp3) is 0.440. The fourth-order valence-electron chi connectivity index (χ4n) is 4.23. The molecule has 0 heterocycles. The fourth-order valence-corrected chi connectivity index (χ4v) is 4.76. The minimum Gasteiger partial charge on any atom is -0.497 e. The summed E-state index contributed by atoms with van der Waals surface area (Å²) < 4.78 is 5.16. The summed E-state index contributed by atoms with van der Waals surface area (Å²) in [4.78, 5) is 25.7. The Morgan fingerprint density at radius 3 is 2.27 bits per heavy atom. The van der Waals surface area contributed by atoms with Gasteiger partial charge in [0.15, 0.2) is 0 Å². The number of rotatable bonds is 10. The van der Waals surface area contributed by atoms with Crippen molar-refractivity contribution in [3.63, 3.8) is 0 Å². The lowest BCUT2D eigenvalue weighted by molar-refractivity contribution is -0.126. The van der Waals surface area contributed by atoms with E-state index in [9.17, 15) is 9.59 Å². The summed E-state index contributed by atoms with van der Waals surface area (Å²) in [5, 5.41) is 10.0. The summed E-state index contributed by atoms with van der Waals surface area (Å²) in [6.07, 6.45) is 5.43. The molecular formula is C25H31Cl2N3O3. The molecular weight excluding hydrogens is 461 g/mol. The molecule has 3 N–H and O–H groups in total. The van der Waals surface area contributed by atoms with Crippen LogP contribution in [0.2, 0.25) is 10.0 Å². The van der Waals surface area contributed by atoms with Crippen molar-refractivity contribution in [1.82, 2.24) is 10.6 Å². The van der Waals surface area contributed by atoms with Gasteiger partial charge in [0.05, 0.1) is 13.0 Å². The van der Waals surface area contributed by atoms with Gasteiger partial charge >= 0.3 is 0 Å². The van der Waals surface area contributed by atoms with Crippen LogP contribution in [0, 0.1) is 11.8 Å². The van der Waals surface area contributed by atoms with E-state index in [2.05, 4.69) is 16.0 Å². The summed E-state index contributed by atoms with van der Waals surface area (Å²) in [6, 6.07) is 12.4. The van der Waals surface area contributed by atoms with E-state index < -0.39 is 0 Å². The maximum absolute atomic E-state index is 13.0. The number of hydrogen-bond acceptors (Lipinski definition) is 4. The number of carbonyl (C=O) groups excluding carboxylic acids is 2. The molecule has 1 aliphatic rings. The first-order chi connectivity index (χ1) is 16.0. The SMILES string of the molecule is COc1ccc(NCCNC(=O)C(CNC(=O)c2cc(Cl)cc(Cl)c2)C2CCCCC2)cc1. The Hall–Kier alpha value is -2.44. The maximum atomic E-state index is 13.0. The molecule has 2 aromatic rings. The number of nitrogens with one attached hydrogen (secondary N) is 3. The van der Waals surface area contributed by atoms with Gasteiger partial charge in [0.25, 0.3) is 5.91 Å². The first-order valence-electron chi connectivity index (χ1n) is 11.4. The largest absolute Gasteiger partial charge is 0.497 e. The topological polar surface area (TPSA) is 79.5 Å². The molecule has 178 valence electrons. The minimum absolute atomic E-state index is 0.0251. The van der Waals surface area contributed by atoms with Gasteiger partial charge in [0.1, 0.15) is 5.75 Å². The lowest BCUT2D eigenvalue weighted by Crippen LogP contribution is -2.44. The number of ether oxygens (including phenoxy) is 1. The Labute approximate surface area is 205 Å². The highest BCUT2D eigenvalue weighted by atomic mass is 35.5. The monoisotopic (exact) mass is 491 g/mol. The second kappa shape index (κ2) is 12.7. The predicted octanol–water partition coefficient (Wildman–Crippen LogP) is 5.16. The summed E-state index contributed by atoms with van der Waals surface area (Å²) in [7, 11) is 1.63. The zero-order valence-corrected chi connectivity index (χ0v) is 20.3. The quantitative estimate of drug-likeness (QED) is 0.401. The molecule has 1 saturated carbocycles. The third kappa shape index (κ3) is 7.83. The average Bonchev–Trinajstić information content (AvgIpc) is 2.82. The van der Waals surface area contributed by atoms with E-state index in [1.807, 2.05) is 24.3 Å². The molecule has 0 aliphatic heterocycles. The summed E-state index contributed by atoms with van der Waals surface area (Å²) in [6.45, 7) is 1.38. The van der Waals surface area contributed by atoms with Gasteiger partial charge in [-0.15, -0.1) is 0 Å². The molecule has 8 heteroatoms. The van der Waals surface area contributed by atoms with Crippen LogP contribution in [0.3, 0.4) is 0 Å². The Morgan fingerprint density at radius 2 is 1.64 bits per heavy atom.